The molecule has 1 fully saturated rings. The molecule has 2 aliphatic rings. The van der Waals surface area contributed by atoms with E-state index in [1.807, 2.05) is 35.7 Å². The molecule has 1 N–H and O–H groups in total. The third-order valence-electron chi connectivity index (χ3n) is 5.11. The Morgan fingerprint density at radius 1 is 1.30 bits per heavy atom. The molecule has 2 aromatic rings. The van der Waals surface area contributed by atoms with Crippen LogP contribution in [0.5, 0.6) is 5.75 Å². The van der Waals surface area contributed by atoms with Gasteiger partial charge < -0.3 is 15.0 Å². The number of benzene rings is 1. The van der Waals surface area contributed by atoms with Crippen LogP contribution in [0.2, 0.25) is 0 Å². The van der Waals surface area contributed by atoms with Gasteiger partial charge in [0.25, 0.3) is 0 Å². The molecule has 3 heterocycles. The van der Waals surface area contributed by atoms with Gasteiger partial charge in [-0.25, -0.2) is 0 Å². The monoisotopic (exact) mass is 448 g/mol. The van der Waals surface area contributed by atoms with E-state index in [1.165, 1.54) is 0 Å². The van der Waals surface area contributed by atoms with Gasteiger partial charge in [-0.05, 0) is 42.5 Å². The van der Waals surface area contributed by atoms with Gasteiger partial charge in [-0.15, -0.1) is 11.3 Å². The van der Waals surface area contributed by atoms with Crippen molar-refractivity contribution in [3.63, 3.8) is 0 Å². The predicted molar refractivity (Wildman–Crippen MR) is 108 cm³/mol. The fraction of sp³-hybridized carbons (Fsp3) is 0.400. The van der Waals surface area contributed by atoms with Crippen LogP contribution in [0, 0.1) is 0 Å². The van der Waals surface area contributed by atoms with Crippen molar-refractivity contribution in [3.05, 3.63) is 50.6 Å². The van der Waals surface area contributed by atoms with Crippen LogP contribution in [0.4, 0.5) is 0 Å². The van der Waals surface area contributed by atoms with Crippen LogP contribution in [0.15, 0.2) is 40.2 Å². The van der Waals surface area contributed by atoms with Crippen molar-refractivity contribution < 1.29 is 14.3 Å². The summed E-state index contributed by atoms with van der Waals surface area (Å²) in [5, 5.41) is 5.13. The number of halogens is 1. The molecule has 1 aromatic carbocycles. The van der Waals surface area contributed by atoms with E-state index >= 15 is 0 Å². The van der Waals surface area contributed by atoms with E-state index in [0.717, 1.165) is 39.9 Å². The van der Waals surface area contributed by atoms with Crippen LogP contribution in [0.3, 0.4) is 0 Å². The van der Waals surface area contributed by atoms with Gasteiger partial charge in [-0.1, -0.05) is 22.0 Å². The van der Waals surface area contributed by atoms with E-state index < -0.39 is 0 Å². The molecule has 2 unspecified atom stereocenters. The molecule has 0 spiro atoms. The highest BCUT2D eigenvalue weighted by Crippen LogP contribution is 2.34. The molecule has 2 atom stereocenters. The summed E-state index contributed by atoms with van der Waals surface area (Å²) in [5.41, 5.74) is 0.985. The topological polar surface area (TPSA) is 58.6 Å². The number of nitrogens with zero attached hydrogens (tertiary/aromatic N) is 1. The minimum atomic E-state index is -0.379. The average Bonchev–Trinajstić information content (AvgIpc) is 3.33. The summed E-state index contributed by atoms with van der Waals surface area (Å²) in [5.74, 6) is 0.780. The summed E-state index contributed by atoms with van der Waals surface area (Å²) in [4.78, 5) is 28.4. The van der Waals surface area contributed by atoms with Gasteiger partial charge in [0.05, 0.1) is 19.1 Å². The molecule has 142 valence electrons. The first-order valence-electron chi connectivity index (χ1n) is 9.16. The van der Waals surface area contributed by atoms with Gasteiger partial charge in [0.1, 0.15) is 11.8 Å². The molecule has 0 saturated carbocycles. The molecule has 1 aromatic heterocycles. The summed E-state index contributed by atoms with van der Waals surface area (Å²) in [6.45, 7) is 1.23. The molecule has 0 bridgehead atoms. The molecular weight excluding hydrogens is 428 g/mol. The third kappa shape index (κ3) is 4.04. The fourth-order valence-corrected chi connectivity index (χ4v) is 4.86. The van der Waals surface area contributed by atoms with Crippen LogP contribution in [0.1, 0.15) is 35.7 Å². The second-order valence-corrected chi connectivity index (χ2v) is 8.83. The van der Waals surface area contributed by atoms with Crippen molar-refractivity contribution >= 4 is 39.1 Å². The number of fused-ring (bicyclic) bond motifs is 1. The van der Waals surface area contributed by atoms with Crippen LogP contribution in [-0.2, 0) is 16.0 Å². The van der Waals surface area contributed by atoms with Crippen molar-refractivity contribution in [3.8, 4) is 5.75 Å². The van der Waals surface area contributed by atoms with Gasteiger partial charge in [-0.3, -0.25) is 9.59 Å². The maximum Gasteiger partial charge on any atom is 0.243 e. The zero-order valence-corrected chi connectivity index (χ0v) is 17.2. The van der Waals surface area contributed by atoms with Crippen LogP contribution >= 0.6 is 27.3 Å². The first kappa shape index (κ1) is 18.5. The number of likely N-dealkylation sites (tertiary alicyclic amines) is 1. The molecule has 27 heavy (non-hydrogen) atoms. The molecule has 2 amide bonds. The average molecular weight is 449 g/mol. The van der Waals surface area contributed by atoms with Gasteiger partial charge in [0, 0.05) is 27.9 Å². The zero-order chi connectivity index (χ0) is 18.8. The van der Waals surface area contributed by atoms with Gasteiger partial charge in [-0.2, -0.15) is 0 Å². The number of hydrogen-bond acceptors (Lipinski definition) is 4. The quantitative estimate of drug-likeness (QED) is 0.775. The van der Waals surface area contributed by atoms with E-state index in [9.17, 15) is 9.59 Å². The Kier molecular flexibility index (Phi) is 5.50. The van der Waals surface area contributed by atoms with Crippen molar-refractivity contribution in [2.24, 2.45) is 0 Å². The molecule has 7 heteroatoms. The minimum absolute atomic E-state index is 0.0326. The van der Waals surface area contributed by atoms with E-state index in [-0.39, 0.29) is 23.9 Å². The highest BCUT2D eigenvalue weighted by molar-refractivity contribution is 9.10. The summed E-state index contributed by atoms with van der Waals surface area (Å²) in [6, 6.07) is 9.29. The number of carbonyl (C=O) groups is 2. The lowest BCUT2D eigenvalue weighted by Gasteiger charge is -2.30. The second kappa shape index (κ2) is 8.02. The lowest BCUT2D eigenvalue weighted by molar-refractivity contribution is -0.138. The second-order valence-electron chi connectivity index (χ2n) is 6.88. The normalized spacial score (nSPS) is 21.4. The Morgan fingerprint density at radius 2 is 2.19 bits per heavy atom. The summed E-state index contributed by atoms with van der Waals surface area (Å²) >= 11 is 5.06. The van der Waals surface area contributed by atoms with E-state index in [0.29, 0.717) is 19.6 Å². The largest absolute Gasteiger partial charge is 0.493 e. The highest BCUT2D eigenvalue weighted by Gasteiger charge is 2.35. The first-order chi connectivity index (χ1) is 13.1. The molecular formula is C20H21BrN2O3S. The zero-order valence-electron chi connectivity index (χ0n) is 14.8. The molecule has 5 nitrogen and oxygen atoms in total. The number of amides is 2. The Morgan fingerprint density at radius 3 is 3.00 bits per heavy atom. The number of carbonyl (C=O) groups excluding carboxylic acids is 2. The summed E-state index contributed by atoms with van der Waals surface area (Å²) < 4.78 is 6.66. The van der Waals surface area contributed by atoms with Crippen LogP contribution < -0.4 is 10.1 Å². The van der Waals surface area contributed by atoms with Crippen molar-refractivity contribution in [1.29, 1.82) is 0 Å². The maximum atomic E-state index is 13.0. The Bertz CT molecular complexity index is 840. The molecule has 1 saturated heterocycles. The van der Waals surface area contributed by atoms with Crippen LogP contribution in [0.25, 0.3) is 0 Å². The fourth-order valence-electron chi connectivity index (χ4n) is 3.78. The highest BCUT2D eigenvalue weighted by atomic mass is 79.9. The van der Waals surface area contributed by atoms with Crippen molar-refractivity contribution in [2.45, 2.75) is 37.8 Å². The van der Waals surface area contributed by atoms with Crippen molar-refractivity contribution in [1.82, 2.24) is 10.2 Å². The maximum absolute atomic E-state index is 13.0. The number of thiophene rings is 1. The number of ether oxygens (including phenoxy) is 1. The van der Waals surface area contributed by atoms with Gasteiger partial charge in [0.2, 0.25) is 11.8 Å². The third-order valence-corrected chi connectivity index (χ3v) is 6.48. The van der Waals surface area contributed by atoms with Crippen molar-refractivity contribution in [2.75, 3.05) is 13.2 Å². The predicted octanol–water partition coefficient (Wildman–Crippen LogP) is 3.68. The molecule has 4 rings (SSSR count). The summed E-state index contributed by atoms with van der Waals surface area (Å²) in [6.07, 6.45) is 2.68. The SMILES string of the molecule is O=C(NC1CCOc2ccc(Br)cc21)C1CCCN1C(=O)Cc1cccs1. The van der Waals surface area contributed by atoms with E-state index in [1.54, 1.807) is 16.2 Å². The van der Waals surface area contributed by atoms with Gasteiger partial charge >= 0.3 is 0 Å². The first-order valence-corrected chi connectivity index (χ1v) is 10.8. The Balaban J connectivity index is 1.45. The molecule has 2 aliphatic heterocycles. The number of nitrogens with one attached hydrogen (secondary N) is 1. The Labute approximate surface area is 170 Å². The summed E-state index contributed by atoms with van der Waals surface area (Å²) in [7, 11) is 0. The van der Waals surface area contributed by atoms with Crippen LogP contribution in [-0.4, -0.2) is 35.9 Å². The number of hydrogen-bond donors (Lipinski definition) is 1. The smallest absolute Gasteiger partial charge is 0.243 e. The molecule has 0 aliphatic carbocycles. The standard InChI is InChI=1S/C20H21BrN2O3S/c21-13-5-6-18-15(11-13)16(7-9-26-18)22-20(25)17-4-1-8-23(17)19(24)12-14-3-2-10-27-14/h2-3,5-6,10-11,16-17H,1,4,7-9,12H2,(H,22,25). The minimum Gasteiger partial charge on any atom is -0.493 e. The van der Waals surface area contributed by atoms with E-state index in [4.69, 9.17) is 4.74 Å². The lowest BCUT2D eigenvalue weighted by atomic mass is 10.00. The van der Waals surface area contributed by atoms with E-state index in [2.05, 4.69) is 21.2 Å². The van der Waals surface area contributed by atoms with Gasteiger partial charge in [0.15, 0.2) is 0 Å². The number of rotatable bonds is 4. The Hall–Kier alpha value is -1.86. The lowest BCUT2D eigenvalue weighted by Crippen LogP contribution is -2.47. The molecule has 0 radical (unpaired) electrons.